The van der Waals surface area contributed by atoms with Gasteiger partial charge < -0.3 is 10.2 Å². The van der Waals surface area contributed by atoms with Crippen LogP contribution in [-0.4, -0.2) is 29.3 Å². The van der Waals surface area contributed by atoms with Crippen LogP contribution in [-0.2, 0) is 4.79 Å². The molecule has 1 amide bonds. The van der Waals surface area contributed by atoms with E-state index in [0.29, 0.717) is 11.8 Å². The van der Waals surface area contributed by atoms with Crippen molar-refractivity contribution in [3.8, 4) is 0 Å². The standard InChI is InChI=1S/C12H18BrN3O/c1-3-16(4-2)11-6-5-10(9-14-11)15-12(17)7-8-13/h5-6,9H,3-4,7-8H2,1-2H3,(H,15,17). The lowest BCUT2D eigenvalue weighted by molar-refractivity contribution is -0.115. The Hall–Kier alpha value is -1.10. The number of hydrogen-bond acceptors (Lipinski definition) is 3. The zero-order chi connectivity index (χ0) is 12.7. The maximum absolute atomic E-state index is 11.4. The van der Waals surface area contributed by atoms with E-state index in [0.717, 1.165) is 24.6 Å². The van der Waals surface area contributed by atoms with Crippen molar-refractivity contribution in [2.75, 3.05) is 28.6 Å². The van der Waals surface area contributed by atoms with Crippen LogP contribution in [0.15, 0.2) is 18.3 Å². The number of carbonyl (C=O) groups is 1. The molecule has 1 aromatic heterocycles. The molecule has 1 aromatic rings. The highest BCUT2D eigenvalue weighted by Gasteiger charge is 2.04. The Morgan fingerprint density at radius 2 is 2.12 bits per heavy atom. The summed E-state index contributed by atoms with van der Waals surface area (Å²) < 4.78 is 0. The SMILES string of the molecule is CCN(CC)c1ccc(NC(=O)CCBr)cn1. The number of pyridine rings is 1. The summed E-state index contributed by atoms with van der Waals surface area (Å²) in [6.07, 6.45) is 2.16. The van der Waals surface area contributed by atoms with E-state index in [1.54, 1.807) is 6.20 Å². The van der Waals surface area contributed by atoms with Crippen molar-refractivity contribution in [2.45, 2.75) is 20.3 Å². The fraction of sp³-hybridized carbons (Fsp3) is 0.500. The van der Waals surface area contributed by atoms with Crippen LogP contribution >= 0.6 is 15.9 Å². The second-order valence-corrected chi connectivity index (χ2v) is 4.36. The Labute approximate surface area is 111 Å². The van der Waals surface area contributed by atoms with Crippen molar-refractivity contribution in [2.24, 2.45) is 0 Å². The van der Waals surface area contributed by atoms with Gasteiger partial charge in [-0.05, 0) is 26.0 Å². The van der Waals surface area contributed by atoms with E-state index in [1.807, 2.05) is 12.1 Å². The first kappa shape index (κ1) is 14.0. The fourth-order valence-corrected chi connectivity index (χ4v) is 1.86. The fourth-order valence-electron chi connectivity index (χ4n) is 1.50. The van der Waals surface area contributed by atoms with Gasteiger partial charge in [0, 0.05) is 24.8 Å². The van der Waals surface area contributed by atoms with E-state index in [-0.39, 0.29) is 5.91 Å². The second kappa shape index (κ2) is 7.27. The summed E-state index contributed by atoms with van der Waals surface area (Å²) in [6.45, 7) is 6.05. The van der Waals surface area contributed by atoms with Gasteiger partial charge >= 0.3 is 0 Å². The number of halogens is 1. The molecule has 4 nitrogen and oxygen atoms in total. The number of nitrogens with one attached hydrogen (secondary N) is 1. The van der Waals surface area contributed by atoms with E-state index in [1.165, 1.54) is 0 Å². The smallest absolute Gasteiger partial charge is 0.225 e. The zero-order valence-corrected chi connectivity index (χ0v) is 11.8. The molecule has 0 fully saturated rings. The Kier molecular flexibility index (Phi) is 5.97. The molecule has 1 rings (SSSR count). The summed E-state index contributed by atoms with van der Waals surface area (Å²) in [5.41, 5.74) is 0.742. The summed E-state index contributed by atoms with van der Waals surface area (Å²) in [6, 6.07) is 3.81. The van der Waals surface area contributed by atoms with Gasteiger partial charge in [0.2, 0.25) is 5.91 Å². The first-order chi connectivity index (χ1) is 8.21. The third-order valence-electron chi connectivity index (χ3n) is 2.44. The van der Waals surface area contributed by atoms with Gasteiger partial charge in [-0.15, -0.1) is 0 Å². The average molecular weight is 300 g/mol. The first-order valence-electron chi connectivity index (χ1n) is 5.78. The van der Waals surface area contributed by atoms with Crippen molar-refractivity contribution in [1.82, 2.24) is 4.98 Å². The molecule has 0 spiro atoms. The van der Waals surface area contributed by atoms with Crippen LogP contribution in [0.4, 0.5) is 11.5 Å². The molecule has 0 atom stereocenters. The second-order valence-electron chi connectivity index (χ2n) is 3.56. The normalized spacial score (nSPS) is 10.1. The summed E-state index contributed by atoms with van der Waals surface area (Å²) in [5.74, 6) is 0.938. The number of hydrogen-bond donors (Lipinski definition) is 1. The molecule has 17 heavy (non-hydrogen) atoms. The Bertz CT molecular complexity index is 349. The molecule has 0 radical (unpaired) electrons. The molecule has 1 N–H and O–H groups in total. The minimum absolute atomic E-state index is 0.000681. The largest absolute Gasteiger partial charge is 0.357 e. The van der Waals surface area contributed by atoms with Crippen LogP contribution in [0.2, 0.25) is 0 Å². The van der Waals surface area contributed by atoms with Crippen LogP contribution in [0.25, 0.3) is 0 Å². The Morgan fingerprint density at radius 3 is 2.59 bits per heavy atom. The van der Waals surface area contributed by atoms with Gasteiger partial charge in [0.05, 0.1) is 11.9 Å². The molecule has 0 aliphatic heterocycles. The summed E-state index contributed by atoms with van der Waals surface area (Å²) in [4.78, 5) is 17.9. The van der Waals surface area contributed by atoms with Crippen molar-refractivity contribution in [3.63, 3.8) is 0 Å². The van der Waals surface area contributed by atoms with E-state index >= 15 is 0 Å². The van der Waals surface area contributed by atoms with Gasteiger partial charge in [0.1, 0.15) is 5.82 Å². The summed E-state index contributed by atoms with van der Waals surface area (Å²) in [7, 11) is 0. The zero-order valence-electron chi connectivity index (χ0n) is 10.2. The number of amides is 1. The molecule has 0 aromatic carbocycles. The minimum Gasteiger partial charge on any atom is -0.357 e. The lowest BCUT2D eigenvalue weighted by atomic mass is 10.3. The van der Waals surface area contributed by atoms with Gasteiger partial charge in [-0.25, -0.2) is 4.98 Å². The van der Waals surface area contributed by atoms with Crippen molar-refractivity contribution in [3.05, 3.63) is 18.3 Å². The number of alkyl halides is 1. The number of aromatic nitrogens is 1. The van der Waals surface area contributed by atoms with Gasteiger partial charge in [-0.3, -0.25) is 4.79 Å². The van der Waals surface area contributed by atoms with Crippen LogP contribution in [0.5, 0.6) is 0 Å². The van der Waals surface area contributed by atoms with Crippen LogP contribution < -0.4 is 10.2 Å². The lowest BCUT2D eigenvalue weighted by Gasteiger charge is -2.19. The highest BCUT2D eigenvalue weighted by atomic mass is 79.9. The molecule has 0 aliphatic carbocycles. The van der Waals surface area contributed by atoms with Gasteiger partial charge in [-0.1, -0.05) is 15.9 Å². The van der Waals surface area contributed by atoms with Crippen LogP contribution in [0.1, 0.15) is 20.3 Å². The predicted molar refractivity (Wildman–Crippen MR) is 74.8 cm³/mol. The quantitative estimate of drug-likeness (QED) is 0.822. The van der Waals surface area contributed by atoms with E-state index in [4.69, 9.17) is 0 Å². The third-order valence-corrected chi connectivity index (χ3v) is 2.84. The highest BCUT2D eigenvalue weighted by molar-refractivity contribution is 9.09. The minimum atomic E-state index is -0.000681. The van der Waals surface area contributed by atoms with Crippen molar-refractivity contribution in [1.29, 1.82) is 0 Å². The molecule has 0 bridgehead atoms. The van der Waals surface area contributed by atoms with E-state index < -0.39 is 0 Å². The van der Waals surface area contributed by atoms with Crippen molar-refractivity contribution >= 4 is 33.3 Å². The molecule has 5 heteroatoms. The molecule has 0 saturated carbocycles. The molecular formula is C12H18BrN3O. The third kappa shape index (κ3) is 4.34. The van der Waals surface area contributed by atoms with Gasteiger partial charge in [0.25, 0.3) is 0 Å². The van der Waals surface area contributed by atoms with Crippen molar-refractivity contribution < 1.29 is 4.79 Å². The van der Waals surface area contributed by atoms with Crippen LogP contribution in [0.3, 0.4) is 0 Å². The highest BCUT2D eigenvalue weighted by Crippen LogP contribution is 2.13. The Balaban J connectivity index is 2.64. The van der Waals surface area contributed by atoms with Gasteiger partial charge in [0.15, 0.2) is 0 Å². The average Bonchev–Trinajstić information content (AvgIpc) is 2.33. The van der Waals surface area contributed by atoms with E-state index in [9.17, 15) is 4.79 Å². The maximum Gasteiger partial charge on any atom is 0.225 e. The molecule has 0 aliphatic rings. The predicted octanol–water partition coefficient (Wildman–Crippen LogP) is 2.65. The topological polar surface area (TPSA) is 45.2 Å². The van der Waals surface area contributed by atoms with Crippen LogP contribution in [0, 0.1) is 0 Å². The lowest BCUT2D eigenvalue weighted by Crippen LogP contribution is -2.22. The number of carbonyl (C=O) groups excluding carboxylic acids is 1. The molecule has 94 valence electrons. The van der Waals surface area contributed by atoms with E-state index in [2.05, 4.69) is 45.0 Å². The Morgan fingerprint density at radius 1 is 1.41 bits per heavy atom. The molecule has 0 unspecified atom stereocenters. The van der Waals surface area contributed by atoms with Gasteiger partial charge in [-0.2, -0.15) is 0 Å². The summed E-state index contributed by atoms with van der Waals surface area (Å²) >= 11 is 3.23. The molecule has 1 heterocycles. The maximum atomic E-state index is 11.4. The summed E-state index contributed by atoms with van der Waals surface area (Å²) in [5, 5.41) is 3.47. The number of rotatable bonds is 6. The molecule has 0 saturated heterocycles. The first-order valence-corrected chi connectivity index (χ1v) is 6.90. The molecular weight excluding hydrogens is 282 g/mol. The monoisotopic (exact) mass is 299 g/mol. The number of nitrogens with zero attached hydrogens (tertiary/aromatic N) is 2. The number of anilines is 2.